The van der Waals surface area contributed by atoms with Crippen molar-refractivity contribution in [2.24, 2.45) is 0 Å². The lowest BCUT2D eigenvalue weighted by Crippen LogP contribution is -2.17. The van der Waals surface area contributed by atoms with Crippen LogP contribution in [-0.4, -0.2) is 41.0 Å². The van der Waals surface area contributed by atoms with Gasteiger partial charge < -0.3 is 24.7 Å². The molecule has 1 heterocycles. The van der Waals surface area contributed by atoms with Crippen LogP contribution in [0.15, 0.2) is 23.0 Å². The standard InChI is InChI=1S/C16H19NO6/c1-3-10(18)6-7-23-14-12(22-2)5-4-9-8-11(16(20)21)15(19)17-13(9)14/h4-5,8,10,18H,3,6-7H2,1-2H3,(H,17,19)(H,20,21). The second kappa shape index (κ2) is 7.15. The lowest BCUT2D eigenvalue weighted by atomic mass is 10.1. The number of carbonyl (C=O) groups is 1. The van der Waals surface area contributed by atoms with Crippen LogP contribution >= 0.6 is 0 Å². The Balaban J connectivity index is 2.45. The van der Waals surface area contributed by atoms with Crippen LogP contribution in [0.1, 0.15) is 30.1 Å². The van der Waals surface area contributed by atoms with Gasteiger partial charge in [0, 0.05) is 11.8 Å². The number of aliphatic hydroxyl groups is 1. The van der Waals surface area contributed by atoms with E-state index in [1.807, 2.05) is 6.92 Å². The Morgan fingerprint density at radius 1 is 1.39 bits per heavy atom. The monoisotopic (exact) mass is 321 g/mol. The zero-order valence-electron chi connectivity index (χ0n) is 13.0. The topological polar surface area (TPSA) is 109 Å². The van der Waals surface area contributed by atoms with Crippen molar-refractivity contribution in [2.45, 2.75) is 25.9 Å². The predicted octanol–water partition coefficient (Wildman–Crippen LogP) is 1.77. The summed E-state index contributed by atoms with van der Waals surface area (Å²) in [5, 5.41) is 19.1. The molecular formula is C16H19NO6. The molecule has 1 aromatic carbocycles. The first-order valence-corrected chi connectivity index (χ1v) is 7.26. The van der Waals surface area contributed by atoms with Crippen LogP contribution in [-0.2, 0) is 0 Å². The number of hydrogen-bond acceptors (Lipinski definition) is 5. The van der Waals surface area contributed by atoms with E-state index in [1.54, 1.807) is 12.1 Å². The summed E-state index contributed by atoms with van der Waals surface area (Å²) in [6.45, 7) is 2.11. The molecule has 0 radical (unpaired) electrons. The van der Waals surface area contributed by atoms with Gasteiger partial charge in [-0.15, -0.1) is 0 Å². The van der Waals surface area contributed by atoms with E-state index in [0.29, 0.717) is 35.2 Å². The number of ether oxygens (including phenoxy) is 2. The Morgan fingerprint density at radius 3 is 2.74 bits per heavy atom. The third kappa shape index (κ3) is 3.62. The van der Waals surface area contributed by atoms with Crippen molar-refractivity contribution in [1.82, 2.24) is 4.98 Å². The van der Waals surface area contributed by atoms with Crippen LogP contribution in [0.2, 0.25) is 0 Å². The van der Waals surface area contributed by atoms with Crippen LogP contribution in [0, 0.1) is 0 Å². The molecule has 0 aliphatic carbocycles. The molecule has 3 N–H and O–H groups in total. The average Bonchev–Trinajstić information content (AvgIpc) is 2.53. The number of rotatable bonds is 7. The van der Waals surface area contributed by atoms with Crippen molar-refractivity contribution < 1.29 is 24.5 Å². The maximum absolute atomic E-state index is 11.9. The van der Waals surface area contributed by atoms with E-state index in [0.717, 1.165) is 0 Å². The predicted molar refractivity (Wildman–Crippen MR) is 84.5 cm³/mol. The number of pyridine rings is 1. The molecule has 0 amide bonds. The van der Waals surface area contributed by atoms with Crippen LogP contribution in [0.5, 0.6) is 11.5 Å². The van der Waals surface area contributed by atoms with Gasteiger partial charge in [-0.2, -0.15) is 0 Å². The van der Waals surface area contributed by atoms with Gasteiger partial charge in [-0.1, -0.05) is 6.92 Å². The van der Waals surface area contributed by atoms with Gasteiger partial charge >= 0.3 is 5.97 Å². The fraction of sp³-hybridized carbons (Fsp3) is 0.375. The van der Waals surface area contributed by atoms with Crippen molar-refractivity contribution in [1.29, 1.82) is 0 Å². The SMILES string of the molecule is CCC(O)CCOc1c(OC)ccc2cc(C(=O)O)c(=O)[nH]c12. The van der Waals surface area contributed by atoms with Crippen LogP contribution in [0.25, 0.3) is 10.9 Å². The molecule has 0 spiro atoms. The quantitative estimate of drug-likeness (QED) is 0.717. The van der Waals surface area contributed by atoms with Gasteiger partial charge in [0.05, 0.1) is 25.3 Å². The summed E-state index contributed by atoms with van der Waals surface area (Å²) in [5.41, 5.74) is -0.683. The highest BCUT2D eigenvalue weighted by Gasteiger charge is 2.16. The number of carboxylic acids is 1. The number of aromatic carboxylic acids is 1. The minimum atomic E-state index is -1.29. The molecule has 124 valence electrons. The van der Waals surface area contributed by atoms with Crippen molar-refractivity contribution in [3.8, 4) is 11.5 Å². The maximum Gasteiger partial charge on any atom is 0.341 e. The van der Waals surface area contributed by atoms with Gasteiger partial charge in [-0.3, -0.25) is 4.79 Å². The minimum absolute atomic E-state index is 0.243. The van der Waals surface area contributed by atoms with Gasteiger partial charge in [0.1, 0.15) is 5.56 Å². The number of fused-ring (bicyclic) bond motifs is 1. The zero-order chi connectivity index (χ0) is 17.0. The van der Waals surface area contributed by atoms with E-state index in [-0.39, 0.29) is 12.2 Å². The summed E-state index contributed by atoms with van der Waals surface area (Å²) in [7, 11) is 1.47. The molecule has 1 aromatic heterocycles. The smallest absolute Gasteiger partial charge is 0.341 e. The van der Waals surface area contributed by atoms with Gasteiger partial charge in [0.2, 0.25) is 0 Å². The Morgan fingerprint density at radius 2 is 2.13 bits per heavy atom. The summed E-state index contributed by atoms with van der Waals surface area (Å²) >= 11 is 0. The summed E-state index contributed by atoms with van der Waals surface area (Å²) in [6.07, 6.45) is 0.594. The number of nitrogens with one attached hydrogen (secondary N) is 1. The number of aromatic amines is 1. The highest BCUT2D eigenvalue weighted by molar-refractivity contribution is 5.94. The molecule has 1 unspecified atom stereocenters. The van der Waals surface area contributed by atoms with Crippen molar-refractivity contribution in [3.05, 3.63) is 34.1 Å². The second-order valence-corrected chi connectivity index (χ2v) is 5.08. The maximum atomic E-state index is 11.9. The molecule has 0 bridgehead atoms. The summed E-state index contributed by atoms with van der Waals surface area (Å²) in [5.74, 6) is -0.554. The van der Waals surface area contributed by atoms with Crippen LogP contribution in [0.4, 0.5) is 0 Å². The van der Waals surface area contributed by atoms with E-state index in [4.69, 9.17) is 14.6 Å². The molecule has 2 rings (SSSR count). The molecule has 23 heavy (non-hydrogen) atoms. The fourth-order valence-electron chi connectivity index (χ4n) is 2.19. The summed E-state index contributed by atoms with van der Waals surface area (Å²) < 4.78 is 10.9. The number of hydrogen-bond donors (Lipinski definition) is 3. The van der Waals surface area contributed by atoms with Crippen molar-refractivity contribution >= 4 is 16.9 Å². The molecule has 0 saturated heterocycles. The normalized spacial score (nSPS) is 12.1. The highest BCUT2D eigenvalue weighted by Crippen LogP contribution is 2.34. The van der Waals surface area contributed by atoms with E-state index in [1.165, 1.54) is 13.2 Å². The Labute approximate surface area is 132 Å². The number of aliphatic hydroxyl groups excluding tert-OH is 1. The molecule has 1 atom stereocenters. The molecule has 7 heteroatoms. The number of aromatic nitrogens is 1. The second-order valence-electron chi connectivity index (χ2n) is 5.08. The first kappa shape index (κ1) is 16.8. The molecule has 0 aliphatic rings. The Bertz CT molecular complexity index is 767. The number of carboxylic acid groups (broad SMARTS) is 1. The highest BCUT2D eigenvalue weighted by atomic mass is 16.5. The largest absolute Gasteiger partial charge is 0.493 e. The van der Waals surface area contributed by atoms with E-state index < -0.39 is 17.6 Å². The van der Waals surface area contributed by atoms with E-state index in [2.05, 4.69) is 4.98 Å². The minimum Gasteiger partial charge on any atom is -0.493 e. The van der Waals surface area contributed by atoms with E-state index in [9.17, 15) is 14.7 Å². The van der Waals surface area contributed by atoms with Gasteiger partial charge in [0.25, 0.3) is 5.56 Å². The summed E-state index contributed by atoms with van der Waals surface area (Å²) in [4.78, 5) is 25.5. The van der Waals surface area contributed by atoms with E-state index >= 15 is 0 Å². The molecule has 0 fully saturated rings. The molecule has 0 aliphatic heterocycles. The third-order valence-corrected chi connectivity index (χ3v) is 3.56. The molecular weight excluding hydrogens is 302 g/mol. The molecule has 2 aromatic rings. The summed E-state index contributed by atoms with van der Waals surface area (Å²) in [6, 6.07) is 4.58. The number of methoxy groups -OCH3 is 1. The Hall–Kier alpha value is -2.54. The zero-order valence-corrected chi connectivity index (χ0v) is 13.0. The lowest BCUT2D eigenvalue weighted by Gasteiger charge is -2.14. The van der Waals surface area contributed by atoms with Gasteiger partial charge in [-0.25, -0.2) is 4.79 Å². The first-order chi connectivity index (χ1) is 11.0. The fourth-order valence-corrected chi connectivity index (χ4v) is 2.19. The molecule has 7 nitrogen and oxygen atoms in total. The number of benzene rings is 1. The number of H-pyrrole nitrogens is 1. The first-order valence-electron chi connectivity index (χ1n) is 7.26. The third-order valence-electron chi connectivity index (χ3n) is 3.56. The Kier molecular flexibility index (Phi) is 5.23. The van der Waals surface area contributed by atoms with Crippen LogP contribution in [0.3, 0.4) is 0 Å². The molecule has 0 saturated carbocycles. The van der Waals surface area contributed by atoms with Crippen molar-refractivity contribution in [2.75, 3.05) is 13.7 Å². The van der Waals surface area contributed by atoms with Crippen molar-refractivity contribution in [3.63, 3.8) is 0 Å². The van der Waals surface area contributed by atoms with Gasteiger partial charge in [-0.05, 0) is 24.6 Å². The lowest BCUT2D eigenvalue weighted by molar-refractivity contribution is 0.0695. The van der Waals surface area contributed by atoms with Crippen LogP contribution < -0.4 is 15.0 Å². The van der Waals surface area contributed by atoms with Gasteiger partial charge in [0.15, 0.2) is 11.5 Å². The average molecular weight is 321 g/mol.